The van der Waals surface area contributed by atoms with Crippen molar-refractivity contribution >= 4 is 17.5 Å². The van der Waals surface area contributed by atoms with Crippen LogP contribution in [0, 0.1) is 11.6 Å². The van der Waals surface area contributed by atoms with E-state index in [0.29, 0.717) is 19.4 Å². The molecule has 2 fully saturated rings. The minimum Gasteiger partial charge on any atom is -0.381 e. The number of hydrogen-bond acceptors (Lipinski definition) is 3. The summed E-state index contributed by atoms with van der Waals surface area (Å²) >= 11 is 5.96. The minimum atomic E-state index is -1.08. The molecule has 0 unspecified atom stereocenters. The van der Waals surface area contributed by atoms with Crippen molar-refractivity contribution in [2.24, 2.45) is 0 Å². The van der Waals surface area contributed by atoms with Gasteiger partial charge in [0, 0.05) is 20.8 Å². The van der Waals surface area contributed by atoms with E-state index in [9.17, 15) is 13.6 Å². The van der Waals surface area contributed by atoms with E-state index in [1.807, 2.05) is 0 Å². The summed E-state index contributed by atoms with van der Waals surface area (Å²) < 4.78 is 38.0. The summed E-state index contributed by atoms with van der Waals surface area (Å²) in [4.78, 5) is 14.6. The number of nitrogens with zero attached hydrogens (tertiary/aromatic N) is 1. The number of halogens is 3. The highest BCUT2D eigenvalue weighted by Crippen LogP contribution is 2.43. The summed E-state index contributed by atoms with van der Waals surface area (Å²) in [5.41, 5.74) is -0.433. The second-order valence-electron chi connectivity index (χ2n) is 6.41. The summed E-state index contributed by atoms with van der Waals surface area (Å²) in [5.74, 6) is -2.56. The molecule has 0 N–H and O–H groups in total. The molecule has 1 saturated carbocycles. The Balaban J connectivity index is 1.91. The smallest absolute Gasteiger partial charge is 0.255 e. The van der Waals surface area contributed by atoms with Gasteiger partial charge in [0.2, 0.25) is 0 Å². The molecule has 1 aromatic rings. The Morgan fingerprint density at radius 3 is 2.67 bits per heavy atom. The van der Waals surface area contributed by atoms with Gasteiger partial charge in [-0.15, -0.1) is 0 Å². The lowest BCUT2D eigenvalue weighted by Gasteiger charge is -2.43. The summed E-state index contributed by atoms with van der Waals surface area (Å²) in [7, 11) is 3.30. The molecule has 2 aliphatic rings. The molecule has 4 nitrogen and oxygen atoms in total. The number of carbonyl (C=O) groups excluding carboxylic acids is 1. The molecule has 3 atom stereocenters. The van der Waals surface area contributed by atoms with E-state index in [1.165, 1.54) is 0 Å². The van der Waals surface area contributed by atoms with Gasteiger partial charge in [0.25, 0.3) is 5.91 Å². The monoisotopic (exact) mass is 359 g/mol. The maximum atomic E-state index is 13.5. The van der Waals surface area contributed by atoms with Crippen molar-refractivity contribution in [3.05, 3.63) is 34.4 Å². The summed E-state index contributed by atoms with van der Waals surface area (Å²) in [5, 5.41) is -0.0899. The van der Waals surface area contributed by atoms with Crippen molar-refractivity contribution in [3.63, 3.8) is 0 Å². The first-order valence-corrected chi connectivity index (χ1v) is 8.33. The van der Waals surface area contributed by atoms with Gasteiger partial charge in [-0.1, -0.05) is 11.6 Å². The summed E-state index contributed by atoms with van der Waals surface area (Å²) in [6.07, 6.45) is 3.07. The van der Waals surface area contributed by atoms with Gasteiger partial charge in [0.15, 0.2) is 11.6 Å². The molecular formula is C17H20ClF2NO3. The van der Waals surface area contributed by atoms with Crippen molar-refractivity contribution in [1.29, 1.82) is 0 Å². The quantitative estimate of drug-likeness (QED) is 0.776. The number of amides is 1. The van der Waals surface area contributed by atoms with Crippen LogP contribution in [-0.2, 0) is 9.47 Å². The molecule has 1 heterocycles. The zero-order valence-electron chi connectivity index (χ0n) is 13.7. The lowest BCUT2D eigenvalue weighted by Crippen LogP contribution is -2.53. The van der Waals surface area contributed by atoms with Gasteiger partial charge in [-0.25, -0.2) is 8.78 Å². The van der Waals surface area contributed by atoms with Crippen molar-refractivity contribution in [2.45, 2.75) is 43.4 Å². The minimum absolute atomic E-state index is 0.0259. The molecule has 3 rings (SSSR count). The van der Waals surface area contributed by atoms with Crippen LogP contribution in [0.5, 0.6) is 0 Å². The molecule has 7 heteroatoms. The SMILES string of the molecule is CO[C@H]1CC[C@@]2(OC)CCN(C(=O)c3cc(F)c(F)cc3Cl)[C@H]2C1. The van der Waals surface area contributed by atoms with E-state index in [2.05, 4.69) is 0 Å². The van der Waals surface area contributed by atoms with E-state index in [-0.39, 0.29) is 22.7 Å². The Kier molecular flexibility index (Phi) is 4.82. The first-order valence-electron chi connectivity index (χ1n) is 7.95. The highest BCUT2D eigenvalue weighted by molar-refractivity contribution is 6.33. The molecule has 0 aromatic heterocycles. The van der Waals surface area contributed by atoms with E-state index >= 15 is 0 Å². The van der Waals surface area contributed by atoms with Crippen molar-refractivity contribution in [2.75, 3.05) is 20.8 Å². The number of benzene rings is 1. The fourth-order valence-corrected chi connectivity index (χ4v) is 4.19. The molecule has 1 aliphatic carbocycles. The standard InChI is InChI=1S/C17H20ClF2NO3/c1-23-10-3-4-17(24-2)5-6-21(15(17)7-10)16(22)11-8-13(19)14(20)9-12(11)18/h8-10,15H,3-7H2,1-2H3/t10-,15-,17+/m0/s1. The summed E-state index contributed by atoms with van der Waals surface area (Å²) in [6.45, 7) is 0.489. The van der Waals surface area contributed by atoms with Gasteiger partial charge in [-0.2, -0.15) is 0 Å². The molecule has 1 aliphatic heterocycles. The van der Waals surface area contributed by atoms with Gasteiger partial charge in [0.05, 0.1) is 28.3 Å². The lowest BCUT2D eigenvalue weighted by atomic mass is 9.79. The van der Waals surface area contributed by atoms with Gasteiger partial charge >= 0.3 is 0 Å². The van der Waals surface area contributed by atoms with E-state index in [0.717, 1.165) is 25.0 Å². The second kappa shape index (κ2) is 6.58. The van der Waals surface area contributed by atoms with Crippen LogP contribution in [-0.4, -0.2) is 49.3 Å². The molecule has 132 valence electrons. The Labute approximate surface area is 144 Å². The van der Waals surface area contributed by atoms with Crippen LogP contribution in [0.4, 0.5) is 8.78 Å². The Bertz CT molecular complexity index is 657. The number of likely N-dealkylation sites (tertiary alicyclic amines) is 1. The van der Waals surface area contributed by atoms with Gasteiger partial charge < -0.3 is 14.4 Å². The van der Waals surface area contributed by atoms with E-state index in [1.54, 1.807) is 19.1 Å². The Morgan fingerprint density at radius 2 is 2.00 bits per heavy atom. The third-order valence-electron chi connectivity index (χ3n) is 5.38. The van der Waals surface area contributed by atoms with Crippen LogP contribution in [0.2, 0.25) is 5.02 Å². The maximum absolute atomic E-state index is 13.5. The lowest BCUT2D eigenvalue weighted by molar-refractivity contribution is -0.0893. The maximum Gasteiger partial charge on any atom is 0.255 e. The molecule has 24 heavy (non-hydrogen) atoms. The summed E-state index contributed by atoms with van der Waals surface area (Å²) in [6, 6.07) is 1.53. The van der Waals surface area contributed by atoms with E-state index in [4.69, 9.17) is 21.1 Å². The predicted molar refractivity (Wildman–Crippen MR) is 85.2 cm³/mol. The van der Waals surface area contributed by atoms with Crippen molar-refractivity contribution < 1.29 is 23.0 Å². The first kappa shape index (κ1) is 17.6. The molecular weight excluding hydrogens is 340 g/mol. The third-order valence-corrected chi connectivity index (χ3v) is 5.69. The van der Waals surface area contributed by atoms with Crippen molar-refractivity contribution in [1.82, 2.24) is 4.90 Å². The van der Waals surface area contributed by atoms with Gasteiger partial charge in [-0.05, 0) is 37.8 Å². The van der Waals surface area contributed by atoms with Crippen LogP contribution < -0.4 is 0 Å². The molecule has 1 amide bonds. The highest BCUT2D eigenvalue weighted by Gasteiger charge is 2.52. The van der Waals surface area contributed by atoms with Crippen LogP contribution >= 0.6 is 11.6 Å². The number of rotatable bonds is 3. The largest absolute Gasteiger partial charge is 0.381 e. The van der Waals surface area contributed by atoms with Crippen molar-refractivity contribution in [3.8, 4) is 0 Å². The second-order valence-corrected chi connectivity index (χ2v) is 6.82. The average Bonchev–Trinajstić information content (AvgIpc) is 2.96. The predicted octanol–water partition coefficient (Wildman–Crippen LogP) is 3.42. The molecule has 0 radical (unpaired) electrons. The van der Waals surface area contributed by atoms with Crippen LogP contribution in [0.15, 0.2) is 12.1 Å². The topological polar surface area (TPSA) is 38.8 Å². The molecule has 0 bridgehead atoms. The zero-order valence-corrected chi connectivity index (χ0v) is 14.4. The van der Waals surface area contributed by atoms with Gasteiger partial charge in [-0.3, -0.25) is 4.79 Å². The Morgan fingerprint density at radius 1 is 1.29 bits per heavy atom. The van der Waals surface area contributed by atoms with Crippen LogP contribution in [0.1, 0.15) is 36.0 Å². The number of carbonyl (C=O) groups is 1. The van der Waals surface area contributed by atoms with Crippen LogP contribution in [0.25, 0.3) is 0 Å². The van der Waals surface area contributed by atoms with Crippen LogP contribution in [0.3, 0.4) is 0 Å². The molecule has 1 aromatic carbocycles. The molecule has 0 spiro atoms. The average molecular weight is 360 g/mol. The first-order chi connectivity index (χ1) is 11.4. The number of ether oxygens (including phenoxy) is 2. The molecule has 1 saturated heterocycles. The number of hydrogen-bond donors (Lipinski definition) is 0. The third kappa shape index (κ3) is 2.80. The normalized spacial score (nSPS) is 29.6. The highest BCUT2D eigenvalue weighted by atomic mass is 35.5. The fraction of sp³-hybridized carbons (Fsp3) is 0.588. The fourth-order valence-electron chi connectivity index (χ4n) is 3.96. The zero-order chi connectivity index (χ0) is 17.5. The van der Waals surface area contributed by atoms with Gasteiger partial charge in [0.1, 0.15) is 0 Å². The number of methoxy groups -OCH3 is 2. The number of fused-ring (bicyclic) bond motifs is 1. The Hall–Kier alpha value is -1.24. The van der Waals surface area contributed by atoms with E-state index < -0.39 is 23.1 Å².